The van der Waals surface area contributed by atoms with E-state index in [0.717, 1.165) is 0 Å². The second-order valence-electron chi connectivity index (χ2n) is 10.4. The standard InChI is InChI=1S/C31H34ClFN6O3/c1-7-26(42)37-12-13-38(19(4)16-37)30(34-6)22-14-23(32)28(21-10-8-9-11-24(21)33)36-31(22)39(17-40)29-20(5)25(41)15-35-27(29)18(2)3/h7-11,14-15,17-19,41H,1,12-13,16H2,2-6H3/b34-30+. The molecule has 0 aliphatic carbocycles. The van der Waals surface area contributed by atoms with E-state index in [2.05, 4.69) is 16.6 Å². The van der Waals surface area contributed by atoms with Crippen molar-refractivity contribution in [2.24, 2.45) is 4.99 Å². The molecule has 220 valence electrons. The van der Waals surface area contributed by atoms with E-state index >= 15 is 0 Å². The number of aromatic hydroxyl groups is 1. The number of amidine groups is 1. The van der Waals surface area contributed by atoms with E-state index in [0.29, 0.717) is 54.4 Å². The summed E-state index contributed by atoms with van der Waals surface area (Å²) < 4.78 is 15.0. The molecule has 9 nitrogen and oxygen atoms in total. The fourth-order valence-electron chi connectivity index (χ4n) is 5.21. The molecule has 2 aromatic heterocycles. The van der Waals surface area contributed by atoms with E-state index in [1.165, 1.54) is 23.2 Å². The minimum atomic E-state index is -0.526. The molecule has 0 bridgehead atoms. The van der Waals surface area contributed by atoms with E-state index in [-0.39, 0.29) is 45.7 Å². The molecule has 0 radical (unpaired) electrons. The van der Waals surface area contributed by atoms with Crippen LogP contribution in [-0.2, 0) is 9.59 Å². The maximum absolute atomic E-state index is 15.0. The average molecular weight is 593 g/mol. The third-order valence-electron chi connectivity index (χ3n) is 7.35. The molecular formula is C31H34ClFN6O3. The highest BCUT2D eigenvalue weighted by Gasteiger charge is 2.33. The van der Waals surface area contributed by atoms with Gasteiger partial charge in [-0.25, -0.2) is 9.37 Å². The van der Waals surface area contributed by atoms with Gasteiger partial charge >= 0.3 is 0 Å². The number of halogens is 2. The van der Waals surface area contributed by atoms with Gasteiger partial charge in [-0.2, -0.15) is 0 Å². The van der Waals surface area contributed by atoms with Crippen molar-refractivity contribution in [2.75, 3.05) is 31.6 Å². The quantitative estimate of drug-likeness (QED) is 0.169. The Morgan fingerprint density at radius 2 is 2.02 bits per heavy atom. The first kappa shape index (κ1) is 30.6. The van der Waals surface area contributed by atoms with Gasteiger partial charge in [-0.3, -0.25) is 24.5 Å². The van der Waals surface area contributed by atoms with Crippen LogP contribution in [0.4, 0.5) is 15.9 Å². The summed E-state index contributed by atoms with van der Waals surface area (Å²) in [5.41, 5.74) is 2.07. The van der Waals surface area contributed by atoms with Crippen molar-refractivity contribution in [3.8, 4) is 17.0 Å². The van der Waals surface area contributed by atoms with Crippen molar-refractivity contribution in [3.63, 3.8) is 0 Å². The van der Waals surface area contributed by atoms with Gasteiger partial charge in [-0.1, -0.05) is 44.2 Å². The number of pyridine rings is 2. The van der Waals surface area contributed by atoms with Crippen molar-refractivity contribution < 1.29 is 19.1 Å². The van der Waals surface area contributed by atoms with Crippen LogP contribution in [-0.4, -0.2) is 75.8 Å². The number of carbonyl (C=O) groups excluding carboxylic acids is 2. The first-order valence-electron chi connectivity index (χ1n) is 13.6. The Balaban J connectivity index is 1.98. The number of hydrogen-bond acceptors (Lipinski definition) is 6. The molecule has 1 aliphatic rings. The predicted molar refractivity (Wildman–Crippen MR) is 163 cm³/mol. The lowest BCUT2D eigenvalue weighted by atomic mass is 10.0. The molecule has 2 amide bonds. The second-order valence-corrected chi connectivity index (χ2v) is 10.8. The van der Waals surface area contributed by atoms with Crippen LogP contribution in [0.3, 0.4) is 0 Å². The molecule has 0 saturated carbocycles. The molecular weight excluding hydrogens is 559 g/mol. The summed E-state index contributed by atoms with van der Waals surface area (Å²) in [6.45, 7) is 12.4. The lowest BCUT2D eigenvalue weighted by Crippen LogP contribution is -2.55. The lowest BCUT2D eigenvalue weighted by Gasteiger charge is -2.41. The number of rotatable bonds is 7. The third kappa shape index (κ3) is 5.72. The van der Waals surface area contributed by atoms with Gasteiger partial charge in [-0.15, -0.1) is 0 Å². The van der Waals surface area contributed by atoms with Crippen LogP contribution in [0.15, 0.2) is 54.2 Å². The van der Waals surface area contributed by atoms with E-state index in [1.807, 2.05) is 25.7 Å². The average Bonchev–Trinajstić information content (AvgIpc) is 2.97. The molecule has 1 N–H and O–H groups in total. The molecule has 4 rings (SSSR count). The summed E-state index contributed by atoms with van der Waals surface area (Å²) in [5, 5.41) is 10.8. The number of hydrogen-bond donors (Lipinski definition) is 1. The van der Waals surface area contributed by atoms with Gasteiger partial charge in [0, 0.05) is 43.9 Å². The highest BCUT2D eigenvalue weighted by molar-refractivity contribution is 6.33. The number of piperazine rings is 1. The summed E-state index contributed by atoms with van der Waals surface area (Å²) in [6.07, 6.45) is 3.24. The van der Waals surface area contributed by atoms with Gasteiger partial charge in [0.05, 0.1) is 33.9 Å². The first-order chi connectivity index (χ1) is 20.0. The number of aromatic nitrogens is 2. The van der Waals surface area contributed by atoms with Crippen molar-refractivity contribution in [1.82, 2.24) is 19.8 Å². The Kier molecular flexibility index (Phi) is 9.26. The lowest BCUT2D eigenvalue weighted by molar-refractivity contribution is -0.128. The SMILES string of the molecule is C=CC(=O)N1CCN(/C(=N/C)c2cc(Cl)c(-c3ccccc3F)nc2N(C=O)c2c(C(C)C)ncc(O)c2C)C(C)C1. The van der Waals surface area contributed by atoms with Gasteiger partial charge in [0.15, 0.2) is 5.82 Å². The zero-order chi connectivity index (χ0) is 30.7. The maximum Gasteiger partial charge on any atom is 0.246 e. The summed E-state index contributed by atoms with van der Waals surface area (Å²) in [7, 11) is 1.62. The van der Waals surface area contributed by atoms with E-state index in [1.54, 1.807) is 43.1 Å². The van der Waals surface area contributed by atoms with Crippen LogP contribution >= 0.6 is 11.6 Å². The van der Waals surface area contributed by atoms with Gasteiger partial charge < -0.3 is 14.9 Å². The predicted octanol–water partition coefficient (Wildman–Crippen LogP) is 5.46. The van der Waals surface area contributed by atoms with Crippen molar-refractivity contribution in [1.29, 1.82) is 0 Å². The van der Waals surface area contributed by atoms with Gasteiger partial charge in [0.25, 0.3) is 0 Å². The van der Waals surface area contributed by atoms with Crippen molar-refractivity contribution >= 4 is 41.3 Å². The number of anilines is 2. The van der Waals surface area contributed by atoms with Crippen LogP contribution in [0, 0.1) is 12.7 Å². The Morgan fingerprint density at radius 1 is 1.31 bits per heavy atom. The van der Waals surface area contributed by atoms with Crippen LogP contribution in [0.2, 0.25) is 5.02 Å². The summed E-state index contributed by atoms with van der Waals surface area (Å²) >= 11 is 6.77. The Hall–Kier alpha value is -4.31. The zero-order valence-corrected chi connectivity index (χ0v) is 25.1. The van der Waals surface area contributed by atoms with Gasteiger partial charge in [0.2, 0.25) is 12.3 Å². The van der Waals surface area contributed by atoms with E-state index in [9.17, 15) is 19.1 Å². The highest BCUT2D eigenvalue weighted by atomic mass is 35.5. The van der Waals surface area contributed by atoms with Crippen LogP contribution in [0.5, 0.6) is 5.75 Å². The normalized spacial score (nSPS) is 15.6. The Bertz CT molecular complexity index is 1560. The van der Waals surface area contributed by atoms with Crippen LogP contribution in [0.25, 0.3) is 11.3 Å². The minimum Gasteiger partial charge on any atom is -0.506 e. The fraction of sp³-hybridized carbons (Fsp3) is 0.323. The smallest absolute Gasteiger partial charge is 0.246 e. The summed E-state index contributed by atoms with van der Waals surface area (Å²) in [5.74, 6) is -0.257. The minimum absolute atomic E-state index is 0.0906. The van der Waals surface area contributed by atoms with Crippen LogP contribution in [0.1, 0.15) is 43.5 Å². The first-order valence-corrected chi connectivity index (χ1v) is 13.9. The Morgan fingerprint density at radius 3 is 2.62 bits per heavy atom. The summed E-state index contributed by atoms with van der Waals surface area (Å²) in [6, 6.07) is 7.58. The summed E-state index contributed by atoms with van der Waals surface area (Å²) in [4.78, 5) is 44.1. The third-order valence-corrected chi connectivity index (χ3v) is 7.64. The number of nitrogens with zero attached hydrogens (tertiary/aromatic N) is 6. The molecule has 3 heterocycles. The van der Waals surface area contributed by atoms with Crippen LogP contribution < -0.4 is 4.90 Å². The molecule has 1 atom stereocenters. The van der Waals surface area contributed by atoms with Gasteiger partial charge in [-0.05, 0) is 44.0 Å². The molecule has 0 spiro atoms. The molecule has 1 saturated heterocycles. The molecule has 1 aromatic carbocycles. The number of aliphatic imine (C=N–C) groups is 1. The molecule has 1 unspecified atom stereocenters. The van der Waals surface area contributed by atoms with E-state index < -0.39 is 5.82 Å². The monoisotopic (exact) mass is 592 g/mol. The highest BCUT2D eigenvalue weighted by Crippen LogP contribution is 2.40. The molecule has 42 heavy (non-hydrogen) atoms. The van der Waals surface area contributed by atoms with Crippen molar-refractivity contribution in [2.45, 2.75) is 39.7 Å². The molecule has 11 heteroatoms. The van der Waals surface area contributed by atoms with Crippen molar-refractivity contribution in [3.05, 3.63) is 76.8 Å². The number of benzene rings is 1. The Labute approximate surface area is 250 Å². The zero-order valence-electron chi connectivity index (χ0n) is 24.3. The van der Waals surface area contributed by atoms with Gasteiger partial charge in [0.1, 0.15) is 17.4 Å². The number of amides is 2. The van der Waals surface area contributed by atoms with E-state index in [4.69, 9.17) is 16.6 Å². The molecule has 1 aliphatic heterocycles. The largest absolute Gasteiger partial charge is 0.506 e. The number of carbonyl (C=O) groups is 2. The topological polar surface area (TPSA) is 102 Å². The maximum atomic E-state index is 15.0. The second kappa shape index (κ2) is 12.7. The molecule has 1 fully saturated rings. The molecule has 3 aromatic rings. The fourth-order valence-corrected chi connectivity index (χ4v) is 5.46.